The highest BCUT2D eigenvalue weighted by molar-refractivity contribution is 14.0. The summed E-state index contributed by atoms with van der Waals surface area (Å²) in [6, 6.07) is 13.4. The zero-order valence-corrected chi connectivity index (χ0v) is 19.2. The highest BCUT2D eigenvalue weighted by atomic mass is 127. The quantitative estimate of drug-likeness (QED) is 0.305. The molecule has 0 bridgehead atoms. The summed E-state index contributed by atoms with van der Waals surface area (Å²) in [5, 5.41) is 9.05. The summed E-state index contributed by atoms with van der Waals surface area (Å²) in [5.41, 5.74) is 0.948. The fourth-order valence-corrected chi connectivity index (χ4v) is 3.66. The Bertz CT molecular complexity index is 1010. The maximum absolute atomic E-state index is 14.0. The number of benzene rings is 1. The van der Waals surface area contributed by atoms with Gasteiger partial charge in [-0.3, -0.25) is 4.98 Å². The lowest BCUT2D eigenvalue weighted by Gasteiger charge is -2.20. The third-order valence-corrected chi connectivity index (χ3v) is 5.06. The molecule has 0 saturated carbocycles. The van der Waals surface area contributed by atoms with Gasteiger partial charge in [0.05, 0.1) is 12.2 Å². The number of anilines is 1. The van der Waals surface area contributed by atoms with Crippen molar-refractivity contribution in [1.82, 2.24) is 20.6 Å². The van der Waals surface area contributed by atoms with Gasteiger partial charge in [-0.2, -0.15) is 0 Å². The van der Waals surface area contributed by atoms with Gasteiger partial charge in [0.25, 0.3) is 0 Å². The summed E-state index contributed by atoms with van der Waals surface area (Å²) in [6.45, 7) is 4.74. The smallest absolute Gasteiger partial charge is 0.191 e. The van der Waals surface area contributed by atoms with E-state index in [0.717, 1.165) is 41.9 Å². The van der Waals surface area contributed by atoms with Crippen molar-refractivity contribution in [3.05, 3.63) is 66.4 Å². The molecule has 3 aromatic rings. The average molecular weight is 520 g/mol. The number of aromatic nitrogens is 2. The number of halogens is 2. The Morgan fingerprint density at radius 1 is 1.17 bits per heavy atom. The van der Waals surface area contributed by atoms with Crippen molar-refractivity contribution < 1.29 is 4.39 Å². The zero-order valence-electron chi connectivity index (χ0n) is 16.9. The van der Waals surface area contributed by atoms with Crippen LogP contribution in [0.1, 0.15) is 19.0 Å². The van der Waals surface area contributed by atoms with E-state index in [1.807, 2.05) is 36.2 Å². The highest BCUT2D eigenvalue weighted by Crippen LogP contribution is 2.21. The number of nitrogens with one attached hydrogen (secondary N) is 2. The molecule has 0 aliphatic carbocycles. The third kappa shape index (κ3) is 5.16. The molecule has 8 heteroatoms. The number of rotatable bonds is 5. The molecule has 2 N–H and O–H groups in total. The molecule has 1 atom stereocenters. The van der Waals surface area contributed by atoms with E-state index in [2.05, 4.69) is 32.7 Å². The minimum absolute atomic E-state index is 0. The van der Waals surface area contributed by atoms with Gasteiger partial charge >= 0.3 is 0 Å². The van der Waals surface area contributed by atoms with Crippen LogP contribution in [0.15, 0.2) is 59.9 Å². The van der Waals surface area contributed by atoms with Gasteiger partial charge in [0.1, 0.15) is 0 Å². The maximum Gasteiger partial charge on any atom is 0.191 e. The van der Waals surface area contributed by atoms with Gasteiger partial charge in [0.15, 0.2) is 17.6 Å². The van der Waals surface area contributed by atoms with Crippen LogP contribution in [-0.2, 0) is 6.54 Å². The van der Waals surface area contributed by atoms with Crippen LogP contribution in [-0.4, -0.2) is 41.6 Å². The lowest BCUT2D eigenvalue weighted by atomic mass is 10.1. The number of fused-ring (bicyclic) bond motifs is 1. The van der Waals surface area contributed by atoms with Crippen LogP contribution in [0.4, 0.5) is 10.2 Å². The van der Waals surface area contributed by atoms with Crippen LogP contribution in [0, 0.1) is 5.82 Å². The number of nitrogens with zero attached hydrogens (tertiary/aromatic N) is 4. The summed E-state index contributed by atoms with van der Waals surface area (Å²) in [6.07, 6.45) is 4.35. The van der Waals surface area contributed by atoms with Crippen LogP contribution in [0.2, 0.25) is 0 Å². The van der Waals surface area contributed by atoms with Crippen molar-refractivity contribution in [2.24, 2.45) is 4.99 Å². The first kappa shape index (κ1) is 22.2. The molecule has 158 valence electrons. The van der Waals surface area contributed by atoms with Gasteiger partial charge in [-0.1, -0.05) is 24.3 Å². The molecule has 30 heavy (non-hydrogen) atoms. The second-order valence-electron chi connectivity index (χ2n) is 7.06. The highest BCUT2D eigenvalue weighted by Gasteiger charge is 2.25. The molecule has 6 nitrogen and oxygen atoms in total. The van der Waals surface area contributed by atoms with Gasteiger partial charge in [0, 0.05) is 43.5 Å². The molecule has 1 saturated heterocycles. The Hall–Kier alpha value is -2.49. The van der Waals surface area contributed by atoms with Crippen molar-refractivity contribution >= 4 is 46.5 Å². The number of hydrogen-bond donors (Lipinski definition) is 2. The van der Waals surface area contributed by atoms with Gasteiger partial charge < -0.3 is 15.5 Å². The summed E-state index contributed by atoms with van der Waals surface area (Å²) in [5.74, 6) is 0.880. The summed E-state index contributed by atoms with van der Waals surface area (Å²) in [7, 11) is 0. The number of aliphatic imine (C=N–C) groups is 1. The second kappa shape index (κ2) is 10.5. The van der Waals surface area contributed by atoms with E-state index >= 15 is 0 Å². The van der Waals surface area contributed by atoms with E-state index in [0.29, 0.717) is 18.9 Å². The van der Waals surface area contributed by atoms with Crippen molar-refractivity contribution in [2.75, 3.05) is 24.5 Å². The molecule has 2 aromatic heterocycles. The Morgan fingerprint density at radius 2 is 2.03 bits per heavy atom. The number of guanidine groups is 1. The van der Waals surface area contributed by atoms with Gasteiger partial charge in [-0.15, -0.1) is 24.0 Å². The Labute approximate surface area is 193 Å². The van der Waals surface area contributed by atoms with Crippen LogP contribution in [0.5, 0.6) is 0 Å². The van der Waals surface area contributed by atoms with E-state index in [-0.39, 0.29) is 35.8 Å². The molecular formula is C22H26FIN6. The van der Waals surface area contributed by atoms with Crippen LogP contribution >= 0.6 is 24.0 Å². The summed E-state index contributed by atoms with van der Waals surface area (Å²) >= 11 is 0. The molecule has 0 amide bonds. The monoisotopic (exact) mass is 520 g/mol. The Morgan fingerprint density at radius 3 is 2.87 bits per heavy atom. The first-order valence-electron chi connectivity index (χ1n) is 9.97. The van der Waals surface area contributed by atoms with Crippen molar-refractivity contribution in [3.8, 4) is 0 Å². The van der Waals surface area contributed by atoms with Gasteiger partial charge in [0.2, 0.25) is 0 Å². The van der Waals surface area contributed by atoms with Gasteiger partial charge in [-0.25, -0.2) is 14.4 Å². The average Bonchev–Trinajstić information content (AvgIpc) is 3.20. The number of pyridine rings is 2. The minimum atomic E-state index is -0.282. The lowest BCUT2D eigenvalue weighted by Crippen LogP contribution is -2.44. The van der Waals surface area contributed by atoms with E-state index in [4.69, 9.17) is 4.99 Å². The van der Waals surface area contributed by atoms with Crippen molar-refractivity contribution in [2.45, 2.75) is 25.9 Å². The SMILES string of the molecule is CCNC(=NCc1nccc2ccccc12)NC1CCN(c2ncccc2F)C1.I. The first-order valence-corrected chi connectivity index (χ1v) is 9.97. The normalized spacial score (nSPS) is 16.4. The zero-order chi connectivity index (χ0) is 20.1. The molecule has 3 heterocycles. The molecule has 1 fully saturated rings. The van der Waals surface area contributed by atoms with E-state index in [9.17, 15) is 4.39 Å². The number of hydrogen-bond acceptors (Lipinski definition) is 4. The third-order valence-electron chi connectivity index (χ3n) is 5.06. The minimum Gasteiger partial charge on any atom is -0.357 e. The van der Waals surface area contributed by atoms with E-state index < -0.39 is 0 Å². The first-order chi connectivity index (χ1) is 14.2. The van der Waals surface area contributed by atoms with Crippen LogP contribution < -0.4 is 15.5 Å². The van der Waals surface area contributed by atoms with Crippen molar-refractivity contribution in [3.63, 3.8) is 0 Å². The molecule has 0 radical (unpaired) electrons. The fourth-order valence-electron chi connectivity index (χ4n) is 3.66. The summed E-state index contributed by atoms with van der Waals surface area (Å²) in [4.78, 5) is 15.4. The maximum atomic E-state index is 14.0. The predicted octanol–water partition coefficient (Wildman–Crippen LogP) is 3.72. The van der Waals surface area contributed by atoms with Crippen molar-refractivity contribution in [1.29, 1.82) is 0 Å². The molecule has 1 aliphatic rings. The van der Waals surface area contributed by atoms with E-state index in [1.54, 1.807) is 12.3 Å². The predicted molar refractivity (Wildman–Crippen MR) is 130 cm³/mol. The molecule has 1 aromatic carbocycles. The lowest BCUT2D eigenvalue weighted by molar-refractivity contribution is 0.612. The largest absolute Gasteiger partial charge is 0.357 e. The second-order valence-corrected chi connectivity index (χ2v) is 7.06. The standard InChI is InChI=1S/C22H25FN6.HI/c1-2-24-22(27-14-20-18-7-4-3-6-16(18)9-12-25-20)28-17-10-13-29(15-17)21-19(23)8-5-11-26-21;/h3-9,11-12,17H,2,10,13-15H2,1H3,(H2,24,27,28);1H. The van der Waals surface area contributed by atoms with Gasteiger partial charge in [-0.05, 0) is 36.9 Å². The molecule has 0 spiro atoms. The fraction of sp³-hybridized carbons (Fsp3) is 0.318. The molecule has 1 unspecified atom stereocenters. The van der Waals surface area contributed by atoms with Crippen LogP contribution in [0.3, 0.4) is 0 Å². The molecular weight excluding hydrogens is 494 g/mol. The summed E-state index contributed by atoms with van der Waals surface area (Å²) < 4.78 is 14.0. The Balaban J connectivity index is 0.00000256. The van der Waals surface area contributed by atoms with Crippen LogP contribution in [0.25, 0.3) is 10.8 Å². The van der Waals surface area contributed by atoms with E-state index in [1.165, 1.54) is 6.07 Å². The molecule has 4 rings (SSSR count). The topological polar surface area (TPSA) is 65.4 Å². The molecule has 1 aliphatic heterocycles. The Kier molecular flexibility index (Phi) is 7.78.